The van der Waals surface area contributed by atoms with Crippen molar-refractivity contribution in [2.24, 2.45) is 0 Å². The van der Waals surface area contributed by atoms with E-state index in [9.17, 15) is 0 Å². The molecule has 0 aliphatic rings. The van der Waals surface area contributed by atoms with E-state index in [0.717, 1.165) is 33.9 Å². The molecule has 0 unspecified atom stereocenters. The van der Waals surface area contributed by atoms with Crippen LogP contribution in [0.4, 0.5) is 34.1 Å². The zero-order valence-electron chi connectivity index (χ0n) is 47.3. The molecule has 0 spiro atoms. The van der Waals surface area contributed by atoms with Gasteiger partial charge in [-0.05, 0) is 168 Å². The summed E-state index contributed by atoms with van der Waals surface area (Å²) in [5, 5.41) is 12.4. The molecule has 14 rings (SSSR count). The Morgan fingerprint density at radius 3 is 0.793 bits per heavy atom. The Labute approximate surface area is 481 Å². The van der Waals surface area contributed by atoms with Crippen molar-refractivity contribution in [3.05, 3.63) is 322 Å². The van der Waals surface area contributed by atoms with Crippen LogP contribution in [0.5, 0.6) is 0 Å². The van der Waals surface area contributed by atoms with Crippen LogP contribution in [0, 0.1) is 41.5 Å². The van der Waals surface area contributed by atoms with Crippen molar-refractivity contribution >= 4 is 111 Å². The first-order valence-corrected chi connectivity index (χ1v) is 28.6. The van der Waals surface area contributed by atoms with Gasteiger partial charge in [0.25, 0.3) is 0 Å². The molecule has 0 heterocycles. The van der Waals surface area contributed by atoms with Gasteiger partial charge in [-0.1, -0.05) is 240 Å². The minimum atomic E-state index is 1.09. The van der Waals surface area contributed by atoms with E-state index in [0.29, 0.717) is 0 Å². The van der Waals surface area contributed by atoms with Crippen LogP contribution >= 0.6 is 0 Å². The van der Waals surface area contributed by atoms with Crippen molar-refractivity contribution in [2.75, 3.05) is 9.80 Å². The molecule has 0 aliphatic heterocycles. The van der Waals surface area contributed by atoms with Crippen molar-refractivity contribution in [1.29, 1.82) is 0 Å². The van der Waals surface area contributed by atoms with Crippen LogP contribution in [0.1, 0.15) is 66.8 Å². The second kappa shape index (κ2) is 20.6. The molecule has 82 heavy (non-hydrogen) atoms. The van der Waals surface area contributed by atoms with Crippen LogP contribution in [0.15, 0.2) is 255 Å². The number of rotatable bonds is 12. The van der Waals surface area contributed by atoms with Gasteiger partial charge in [-0.2, -0.15) is 0 Å². The maximum Gasteiger partial charge on any atom is 0.0619 e. The van der Waals surface area contributed by atoms with Crippen LogP contribution in [0.3, 0.4) is 0 Å². The van der Waals surface area contributed by atoms with Gasteiger partial charge in [0, 0.05) is 55.1 Å². The smallest absolute Gasteiger partial charge is 0.0619 e. The zero-order valence-corrected chi connectivity index (χ0v) is 47.3. The molecule has 14 aromatic rings. The highest BCUT2D eigenvalue weighted by molar-refractivity contribution is 6.43. The monoisotopic (exact) mass is 1050 g/mol. The molecule has 0 aromatic heterocycles. The Hall–Kier alpha value is -10.0. The minimum Gasteiger partial charge on any atom is -0.309 e. The maximum atomic E-state index is 2.51. The van der Waals surface area contributed by atoms with E-state index in [1.54, 1.807) is 0 Å². The molecule has 0 radical (unpaired) electrons. The van der Waals surface area contributed by atoms with Crippen LogP contribution in [-0.4, -0.2) is 0 Å². The first kappa shape index (κ1) is 50.2. The lowest BCUT2D eigenvalue weighted by atomic mass is 9.84. The van der Waals surface area contributed by atoms with E-state index in [-0.39, 0.29) is 0 Å². The van der Waals surface area contributed by atoms with Crippen molar-refractivity contribution < 1.29 is 0 Å². The van der Waals surface area contributed by atoms with Gasteiger partial charge in [0.15, 0.2) is 0 Å². The molecule has 0 bridgehead atoms. The summed E-state index contributed by atoms with van der Waals surface area (Å²) in [6.45, 7) is 12.9. The molecule has 0 amide bonds. The first-order chi connectivity index (χ1) is 40.1. The number of anilines is 6. The largest absolute Gasteiger partial charge is 0.309 e. The maximum absolute atomic E-state index is 2.51. The summed E-state index contributed by atoms with van der Waals surface area (Å²) in [6, 6.07) is 95.3. The molecule has 2 heteroatoms. The van der Waals surface area contributed by atoms with E-state index in [1.807, 2.05) is 0 Å². The van der Waals surface area contributed by atoms with Crippen molar-refractivity contribution in [3.63, 3.8) is 0 Å². The quantitative estimate of drug-likeness (QED) is 0.0683. The van der Waals surface area contributed by atoms with Gasteiger partial charge in [-0.15, -0.1) is 0 Å². The fourth-order valence-corrected chi connectivity index (χ4v) is 12.4. The van der Waals surface area contributed by atoms with E-state index in [1.165, 1.54) is 132 Å². The molecular formula is C80H62N2. The molecule has 0 saturated carbocycles. The Balaban J connectivity index is 0.972. The van der Waals surface area contributed by atoms with Crippen molar-refractivity contribution in [1.82, 2.24) is 0 Å². The fourth-order valence-electron chi connectivity index (χ4n) is 12.4. The summed E-state index contributed by atoms with van der Waals surface area (Å²) in [4.78, 5) is 5.02. The van der Waals surface area contributed by atoms with Crippen molar-refractivity contribution in [3.8, 4) is 0 Å². The minimum absolute atomic E-state index is 1.09. The summed E-state index contributed by atoms with van der Waals surface area (Å²) >= 11 is 0. The molecule has 0 aliphatic carbocycles. The third-order valence-corrected chi connectivity index (χ3v) is 16.8. The average Bonchev–Trinajstić information content (AvgIpc) is 1.07. The van der Waals surface area contributed by atoms with Gasteiger partial charge in [0.05, 0.1) is 11.4 Å². The zero-order chi connectivity index (χ0) is 55.6. The highest BCUT2D eigenvalue weighted by Crippen LogP contribution is 2.55. The molecule has 0 fully saturated rings. The normalized spacial score (nSPS) is 11.5. The predicted molar refractivity (Wildman–Crippen MR) is 354 cm³/mol. The molecule has 14 aromatic carbocycles. The van der Waals surface area contributed by atoms with Crippen molar-refractivity contribution in [2.45, 2.75) is 41.5 Å². The number of hydrogen-bond donors (Lipinski definition) is 0. The molecule has 0 saturated heterocycles. The van der Waals surface area contributed by atoms with E-state index < -0.39 is 0 Å². The Kier molecular flexibility index (Phi) is 12.6. The van der Waals surface area contributed by atoms with Gasteiger partial charge in [0.1, 0.15) is 0 Å². The summed E-state index contributed by atoms with van der Waals surface area (Å²) < 4.78 is 0. The number of hydrogen-bond acceptors (Lipinski definition) is 2. The summed E-state index contributed by atoms with van der Waals surface area (Å²) in [6.07, 6.45) is 4.68. The third kappa shape index (κ3) is 9.03. The van der Waals surface area contributed by atoms with Crippen LogP contribution in [-0.2, 0) is 0 Å². The predicted octanol–water partition coefficient (Wildman–Crippen LogP) is 22.3. The second-order valence-corrected chi connectivity index (χ2v) is 22.6. The highest BCUT2D eigenvalue weighted by atomic mass is 15.2. The van der Waals surface area contributed by atoms with E-state index >= 15 is 0 Å². The summed E-state index contributed by atoms with van der Waals surface area (Å²) in [5.74, 6) is 0. The first-order valence-electron chi connectivity index (χ1n) is 28.6. The van der Waals surface area contributed by atoms with Gasteiger partial charge >= 0.3 is 0 Å². The molecule has 0 N–H and O–H groups in total. The lowest BCUT2D eigenvalue weighted by Gasteiger charge is -2.33. The van der Waals surface area contributed by atoms with Crippen LogP contribution in [0.25, 0.3) is 77.2 Å². The summed E-state index contributed by atoms with van der Waals surface area (Å²) in [7, 11) is 0. The van der Waals surface area contributed by atoms with E-state index in [2.05, 4.69) is 318 Å². The number of nitrogens with zero attached hydrogens (tertiary/aromatic N) is 2. The third-order valence-electron chi connectivity index (χ3n) is 16.8. The second-order valence-electron chi connectivity index (χ2n) is 22.6. The lowest BCUT2D eigenvalue weighted by molar-refractivity contribution is 1.30. The molecule has 0 atom stereocenters. The van der Waals surface area contributed by atoms with Gasteiger partial charge in [-0.3, -0.25) is 0 Å². The molecule has 2 nitrogen and oxygen atoms in total. The van der Waals surface area contributed by atoms with Crippen LogP contribution in [0.2, 0.25) is 0 Å². The average molecular weight is 1050 g/mol. The topological polar surface area (TPSA) is 6.48 Å². The molecular weight excluding hydrogens is 989 g/mol. The number of benzene rings is 14. The van der Waals surface area contributed by atoms with E-state index in [4.69, 9.17) is 0 Å². The highest BCUT2D eigenvalue weighted by Gasteiger charge is 2.29. The van der Waals surface area contributed by atoms with Gasteiger partial charge < -0.3 is 9.80 Å². The lowest BCUT2D eigenvalue weighted by Crippen LogP contribution is -2.13. The van der Waals surface area contributed by atoms with Crippen LogP contribution < -0.4 is 9.80 Å². The van der Waals surface area contributed by atoms with Gasteiger partial charge in [-0.25, -0.2) is 0 Å². The summed E-state index contributed by atoms with van der Waals surface area (Å²) in [5.41, 5.74) is 23.7. The van der Waals surface area contributed by atoms with Gasteiger partial charge in [0.2, 0.25) is 0 Å². The Bertz CT molecular complexity index is 4300. The standard InChI is InChI=1S/C80H62N2/c1-51-13-29-59(30-14-51)73(60-31-15-52(2)16-32-60)49-57-25-43-67(44-26-57)81(65-39-21-55(5)22-40-65)79-69-11-7-9-63-38-48-72-78(75(63)69)77-71(79)47-37-64-10-8-12-70(76(64)77)80(72)82(66-41-23-56(6)24-42-66)68-45-27-58(28-46-68)50-74(61-33-17-53(3)18-34-61)62-35-19-54(4)20-36-62/h7-50H,1-6H3. The fraction of sp³-hybridized carbons (Fsp3) is 0.0750. The number of aryl methyl sites for hydroxylation is 6. The molecule has 392 valence electrons. The SMILES string of the molecule is Cc1ccc(C(=Cc2ccc(N(c3ccc(C)cc3)c3c4cccc5ccc6c(N(c7ccc(C)cc7)c7ccc(C=C(c8ccc(C)cc8)c8ccc(C)cc8)cc7)c7cccc8ccc3c(c87)c6c54)cc2)c2ccc(C)cc2)cc1. The Morgan fingerprint density at radius 2 is 0.500 bits per heavy atom. The Morgan fingerprint density at radius 1 is 0.244 bits per heavy atom.